The van der Waals surface area contributed by atoms with Crippen molar-refractivity contribution in [3.05, 3.63) is 51.9 Å². The maximum atomic E-state index is 12.3. The Kier molecular flexibility index (Phi) is 5.96. The molecule has 0 bridgehead atoms. The van der Waals surface area contributed by atoms with Crippen molar-refractivity contribution in [2.24, 2.45) is 0 Å². The summed E-state index contributed by atoms with van der Waals surface area (Å²) in [4.78, 5) is 25.5. The van der Waals surface area contributed by atoms with Gasteiger partial charge in [0.15, 0.2) is 0 Å². The number of nitriles is 1. The first-order valence-electron chi connectivity index (χ1n) is 8.76. The van der Waals surface area contributed by atoms with Crippen molar-refractivity contribution >= 4 is 34.4 Å². The topological polar surface area (TPSA) is 103 Å². The molecule has 1 aromatic heterocycles. The summed E-state index contributed by atoms with van der Waals surface area (Å²) in [6, 6.07) is 9.49. The molecule has 0 saturated heterocycles. The Bertz CT molecular complexity index is 957. The highest BCUT2D eigenvalue weighted by Crippen LogP contribution is 2.36. The number of nitrogens with zero attached hydrogens (tertiary/aromatic N) is 2. The molecule has 2 aromatic rings. The molecule has 3 rings (SSSR count). The molecule has 0 unspecified atom stereocenters. The van der Waals surface area contributed by atoms with Crippen LogP contribution in [0.2, 0.25) is 0 Å². The van der Waals surface area contributed by atoms with E-state index in [2.05, 4.69) is 11.4 Å². The number of fused-ring (bicyclic) bond motifs is 1. The fourth-order valence-electron chi connectivity index (χ4n) is 2.94. The van der Waals surface area contributed by atoms with Crippen LogP contribution in [0.3, 0.4) is 0 Å². The lowest BCUT2D eigenvalue weighted by atomic mass is 10.0. The van der Waals surface area contributed by atoms with Gasteiger partial charge in [-0.2, -0.15) is 5.26 Å². The van der Waals surface area contributed by atoms with E-state index in [-0.39, 0.29) is 12.5 Å². The van der Waals surface area contributed by atoms with Crippen molar-refractivity contribution in [3.63, 3.8) is 0 Å². The molecular formula is C20H19N3O4S. The van der Waals surface area contributed by atoms with Gasteiger partial charge in [0.2, 0.25) is 5.91 Å². The van der Waals surface area contributed by atoms with Crippen molar-refractivity contribution in [1.82, 2.24) is 4.90 Å². The third kappa shape index (κ3) is 4.32. The van der Waals surface area contributed by atoms with Gasteiger partial charge in [-0.3, -0.25) is 4.79 Å². The number of carboxylic acid groups (broad SMARTS) is 1. The Balaban J connectivity index is 1.70. The van der Waals surface area contributed by atoms with E-state index < -0.39 is 6.09 Å². The summed E-state index contributed by atoms with van der Waals surface area (Å²) in [7, 11) is 0. The van der Waals surface area contributed by atoms with E-state index in [0.29, 0.717) is 30.1 Å². The van der Waals surface area contributed by atoms with Crippen LogP contribution >= 0.6 is 11.3 Å². The molecule has 1 aliphatic heterocycles. The quantitative estimate of drug-likeness (QED) is 0.749. The predicted molar refractivity (Wildman–Crippen MR) is 106 cm³/mol. The van der Waals surface area contributed by atoms with Crippen LogP contribution in [0.5, 0.6) is 5.75 Å². The molecular weight excluding hydrogens is 378 g/mol. The molecule has 7 nitrogen and oxygen atoms in total. The normalized spacial score (nSPS) is 13.1. The van der Waals surface area contributed by atoms with Crippen molar-refractivity contribution in [3.8, 4) is 11.8 Å². The van der Waals surface area contributed by atoms with E-state index in [0.717, 1.165) is 21.8 Å². The van der Waals surface area contributed by atoms with E-state index in [4.69, 9.17) is 9.84 Å². The number of benzene rings is 1. The molecule has 2 heterocycles. The number of amides is 2. The minimum absolute atomic E-state index is 0.238. The third-order valence-corrected chi connectivity index (χ3v) is 5.43. The van der Waals surface area contributed by atoms with E-state index in [9.17, 15) is 14.9 Å². The summed E-state index contributed by atoms with van der Waals surface area (Å²) < 4.78 is 5.38. The van der Waals surface area contributed by atoms with Crippen LogP contribution in [0.1, 0.15) is 28.5 Å². The van der Waals surface area contributed by atoms with E-state index in [1.54, 1.807) is 6.08 Å². The number of carbonyl (C=O) groups is 2. The summed E-state index contributed by atoms with van der Waals surface area (Å²) in [5, 5.41) is 21.8. The lowest BCUT2D eigenvalue weighted by Gasteiger charge is -2.23. The first-order valence-corrected chi connectivity index (χ1v) is 9.58. The molecule has 144 valence electrons. The maximum absolute atomic E-state index is 12.3. The fraction of sp³-hybridized carbons (Fsp3) is 0.250. The largest absolute Gasteiger partial charge is 0.494 e. The van der Waals surface area contributed by atoms with Crippen LogP contribution in [0.15, 0.2) is 30.3 Å². The van der Waals surface area contributed by atoms with Gasteiger partial charge in [-0.1, -0.05) is 12.1 Å². The van der Waals surface area contributed by atoms with Crippen molar-refractivity contribution in [2.45, 2.75) is 19.9 Å². The monoisotopic (exact) mass is 397 g/mol. The number of ether oxygens (including phenoxy) is 1. The number of carbonyl (C=O) groups excluding carboxylic acids is 1. The van der Waals surface area contributed by atoms with Crippen LogP contribution in [0.4, 0.5) is 9.80 Å². The van der Waals surface area contributed by atoms with E-state index >= 15 is 0 Å². The fourth-order valence-corrected chi connectivity index (χ4v) is 4.16. The van der Waals surface area contributed by atoms with Crippen LogP contribution < -0.4 is 10.1 Å². The molecule has 8 heteroatoms. The highest BCUT2D eigenvalue weighted by atomic mass is 32.1. The second kappa shape index (κ2) is 8.59. The third-order valence-electron chi connectivity index (χ3n) is 4.29. The summed E-state index contributed by atoms with van der Waals surface area (Å²) in [5.41, 5.74) is 2.10. The molecule has 28 heavy (non-hydrogen) atoms. The molecule has 0 spiro atoms. The summed E-state index contributed by atoms with van der Waals surface area (Å²) >= 11 is 1.26. The second-order valence-electron chi connectivity index (χ2n) is 6.10. The number of rotatable bonds is 5. The number of thiophene rings is 1. The first kappa shape index (κ1) is 19.5. The van der Waals surface area contributed by atoms with Gasteiger partial charge in [-0.25, -0.2) is 4.79 Å². The molecule has 0 radical (unpaired) electrons. The predicted octanol–water partition coefficient (Wildman–Crippen LogP) is 3.71. The van der Waals surface area contributed by atoms with Gasteiger partial charge in [-0.05, 0) is 42.7 Å². The summed E-state index contributed by atoms with van der Waals surface area (Å²) in [6.45, 7) is 3.09. The van der Waals surface area contributed by atoms with Crippen molar-refractivity contribution < 1.29 is 19.4 Å². The van der Waals surface area contributed by atoms with Crippen LogP contribution in [0, 0.1) is 11.3 Å². The lowest BCUT2D eigenvalue weighted by Crippen LogP contribution is -2.34. The SMILES string of the molecule is CCOc1ccc(C=CC(=O)Nc2sc3c(c2C#N)CCN(C(=O)O)C3)cc1. The smallest absolute Gasteiger partial charge is 0.407 e. The molecule has 0 fully saturated rings. The summed E-state index contributed by atoms with van der Waals surface area (Å²) in [5.74, 6) is 0.418. The molecule has 1 aromatic carbocycles. The Morgan fingerprint density at radius 3 is 2.79 bits per heavy atom. The Labute approximate surface area is 166 Å². The summed E-state index contributed by atoms with van der Waals surface area (Å²) in [6.07, 6.45) is 2.57. The molecule has 0 saturated carbocycles. The first-order chi connectivity index (χ1) is 13.5. The van der Waals surface area contributed by atoms with Gasteiger partial charge in [0.05, 0.1) is 18.7 Å². The minimum Gasteiger partial charge on any atom is -0.494 e. The number of nitrogens with one attached hydrogen (secondary N) is 1. The number of anilines is 1. The zero-order valence-electron chi connectivity index (χ0n) is 15.3. The number of hydrogen-bond donors (Lipinski definition) is 2. The van der Waals surface area contributed by atoms with Crippen LogP contribution in [-0.4, -0.2) is 35.2 Å². The van der Waals surface area contributed by atoms with Gasteiger partial charge >= 0.3 is 6.09 Å². The average Bonchev–Trinajstić information content (AvgIpc) is 3.03. The Hall–Kier alpha value is -3.31. The zero-order valence-corrected chi connectivity index (χ0v) is 16.1. The second-order valence-corrected chi connectivity index (χ2v) is 7.20. The van der Waals surface area contributed by atoms with Gasteiger partial charge in [0.1, 0.15) is 16.8 Å². The maximum Gasteiger partial charge on any atom is 0.407 e. The standard InChI is InChI=1S/C20H19N3O4S/c1-2-27-14-6-3-13(4-7-14)5-8-18(24)22-19-16(11-21)15-9-10-23(20(25)26)12-17(15)28-19/h3-8H,2,9-10,12H2,1H3,(H,22,24)(H,25,26). The van der Waals surface area contributed by atoms with E-state index in [1.807, 2.05) is 31.2 Å². The van der Waals surface area contributed by atoms with Crippen molar-refractivity contribution in [1.29, 1.82) is 5.26 Å². The zero-order chi connectivity index (χ0) is 20.1. The highest BCUT2D eigenvalue weighted by molar-refractivity contribution is 7.16. The van der Waals surface area contributed by atoms with Gasteiger partial charge in [0.25, 0.3) is 0 Å². The Morgan fingerprint density at radius 1 is 1.39 bits per heavy atom. The van der Waals surface area contributed by atoms with Crippen molar-refractivity contribution in [2.75, 3.05) is 18.5 Å². The molecule has 2 N–H and O–H groups in total. The molecule has 0 atom stereocenters. The van der Waals surface area contributed by atoms with E-state index in [1.165, 1.54) is 22.3 Å². The highest BCUT2D eigenvalue weighted by Gasteiger charge is 2.27. The molecule has 0 aliphatic carbocycles. The minimum atomic E-state index is -0.985. The number of hydrogen-bond acceptors (Lipinski definition) is 5. The van der Waals surface area contributed by atoms with Gasteiger partial charge < -0.3 is 20.1 Å². The van der Waals surface area contributed by atoms with Crippen LogP contribution in [-0.2, 0) is 17.8 Å². The van der Waals surface area contributed by atoms with Gasteiger partial charge in [-0.15, -0.1) is 11.3 Å². The molecule has 1 aliphatic rings. The molecule has 2 amide bonds. The lowest BCUT2D eigenvalue weighted by molar-refractivity contribution is -0.111. The average molecular weight is 397 g/mol. The van der Waals surface area contributed by atoms with Crippen LogP contribution in [0.25, 0.3) is 6.08 Å². The Morgan fingerprint density at radius 2 is 2.14 bits per heavy atom. The van der Waals surface area contributed by atoms with Gasteiger partial charge in [0, 0.05) is 17.5 Å².